The summed E-state index contributed by atoms with van der Waals surface area (Å²) in [7, 11) is 0. The number of aromatic nitrogens is 2. The van der Waals surface area contributed by atoms with Gasteiger partial charge in [-0.25, -0.2) is 0 Å². The molecule has 0 aliphatic carbocycles. The van der Waals surface area contributed by atoms with Gasteiger partial charge >= 0.3 is 0 Å². The zero-order valence-electron chi connectivity index (χ0n) is 9.76. The monoisotopic (exact) mass is 229 g/mol. The Labute approximate surface area is 100 Å². The molecule has 1 aliphatic heterocycles. The van der Waals surface area contributed by atoms with Gasteiger partial charge < -0.3 is 9.84 Å². The van der Waals surface area contributed by atoms with Gasteiger partial charge in [0.2, 0.25) is 11.7 Å². The van der Waals surface area contributed by atoms with E-state index in [0.717, 1.165) is 24.4 Å². The maximum absolute atomic E-state index is 5.37. The lowest BCUT2D eigenvalue weighted by molar-refractivity contribution is 0.345. The van der Waals surface area contributed by atoms with Gasteiger partial charge in [0, 0.05) is 11.6 Å². The second kappa shape index (κ2) is 4.30. The molecule has 0 saturated carbocycles. The lowest BCUT2D eigenvalue weighted by Crippen LogP contribution is -2.21. The predicted octanol–water partition coefficient (Wildman–Crippen LogP) is 2.20. The van der Waals surface area contributed by atoms with E-state index in [2.05, 4.69) is 22.4 Å². The zero-order chi connectivity index (χ0) is 11.7. The molecule has 1 fully saturated rings. The van der Waals surface area contributed by atoms with Gasteiger partial charge in [0.05, 0.1) is 5.92 Å². The van der Waals surface area contributed by atoms with Crippen molar-refractivity contribution in [3.05, 3.63) is 36.2 Å². The molecule has 0 radical (unpaired) electrons. The van der Waals surface area contributed by atoms with E-state index in [9.17, 15) is 0 Å². The lowest BCUT2D eigenvalue weighted by Gasteiger charge is -2.08. The molecular weight excluding hydrogens is 214 g/mol. The highest BCUT2D eigenvalue weighted by Crippen LogP contribution is 2.27. The highest BCUT2D eigenvalue weighted by molar-refractivity contribution is 5.53. The van der Waals surface area contributed by atoms with Gasteiger partial charge in [0.1, 0.15) is 0 Å². The maximum Gasteiger partial charge on any atom is 0.231 e. The van der Waals surface area contributed by atoms with Crippen molar-refractivity contribution in [3.8, 4) is 11.4 Å². The van der Waals surface area contributed by atoms with Gasteiger partial charge in [0.15, 0.2) is 0 Å². The Hall–Kier alpha value is -1.68. The molecule has 2 heterocycles. The number of hydrogen-bond acceptors (Lipinski definition) is 4. The number of hydrogen-bond donors (Lipinski definition) is 1. The van der Waals surface area contributed by atoms with Crippen molar-refractivity contribution in [1.29, 1.82) is 0 Å². The number of nitrogens with one attached hydrogen (secondary N) is 1. The van der Waals surface area contributed by atoms with Crippen LogP contribution < -0.4 is 5.32 Å². The van der Waals surface area contributed by atoms with Crippen LogP contribution in [-0.2, 0) is 0 Å². The van der Waals surface area contributed by atoms with Crippen molar-refractivity contribution in [2.24, 2.45) is 0 Å². The van der Waals surface area contributed by atoms with Gasteiger partial charge in [-0.3, -0.25) is 0 Å². The quantitative estimate of drug-likeness (QED) is 0.857. The Morgan fingerprint density at radius 1 is 1.29 bits per heavy atom. The van der Waals surface area contributed by atoms with E-state index in [1.54, 1.807) is 0 Å². The van der Waals surface area contributed by atoms with Gasteiger partial charge in [-0.05, 0) is 19.9 Å². The standard InChI is InChI=1S/C13H15N3O/c1-9-11(7-8-14-9)13-15-12(16-17-13)10-5-3-2-4-6-10/h2-6,9,11,14H,7-8H2,1H3. The number of rotatable bonds is 2. The van der Waals surface area contributed by atoms with Crippen molar-refractivity contribution in [2.75, 3.05) is 6.54 Å². The third-order valence-electron chi connectivity index (χ3n) is 3.32. The molecule has 1 aliphatic rings. The highest BCUT2D eigenvalue weighted by Gasteiger charge is 2.29. The fourth-order valence-corrected chi connectivity index (χ4v) is 2.29. The van der Waals surface area contributed by atoms with Crippen molar-refractivity contribution < 1.29 is 4.52 Å². The molecule has 4 heteroatoms. The fraction of sp³-hybridized carbons (Fsp3) is 0.385. The van der Waals surface area contributed by atoms with Crippen LogP contribution in [0, 0.1) is 0 Å². The summed E-state index contributed by atoms with van der Waals surface area (Å²) in [5, 5.41) is 7.44. The Morgan fingerprint density at radius 2 is 2.12 bits per heavy atom. The minimum atomic E-state index is 0.347. The van der Waals surface area contributed by atoms with Crippen LogP contribution in [0.3, 0.4) is 0 Å². The minimum Gasteiger partial charge on any atom is -0.339 e. The van der Waals surface area contributed by atoms with E-state index in [4.69, 9.17) is 4.52 Å². The van der Waals surface area contributed by atoms with Crippen LogP contribution in [0.25, 0.3) is 11.4 Å². The van der Waals surface area contributed by atoms with Gasteiger partial charge in [-0.15, -0.1) is 0 Å². The SMILES string of the molecule is CC1NCCC1c1nc(-c2ccccc2)no1. The average Bonchev–Trinajstić information content (AvgIpc) is 2.98. The third kappa shape index (κ3) is 1.96. The van der Waals surface area contributed by atoms with Crippen LogP contribution in [0.2, 0.25) is 0 Å². The molecule has 2 unspecified atom stereocenters. The summed E-state index contributed by atoms with van der Waals surface area (Å²) in [5.41, 5.74) is 1.00. The Kier molecular flexibility index (Phi) is 2.65. The number of benzene rings is 1. The summed E-state index contributed by atoms with van der Waals surface area (Å²) in [6, 6.07) is 10.3. The maximum atomic E-state index is 5.37. The first kappa shape index (κ1) is 10.5. The second-order valence-electron chi connectivity index (χ2n) is 4.46. The molecule has 1 saturated heterocycles. The van der Waals surface area contributed by atoms with Crippen molar-refractivity contribution >= 4 is 0 Å². The topological polar surface area (TPSA) is 51.0 Å². The van der Waals surface area contributed by atoms with Crippen LogP contribution in [-0.4, -0.2) is 22.7 Å². The molecule has 2 aromatic rings. The normalized spacial score (nSPS) is 24.1. The summed E-state index contributed by atoms with van der Waals surface area (Å²) in [4.78, 5) is 4.50. The third-order valence-corrected chi connectivity index (χ3v) is 3.32. The first-order valence-corrected chi connectivity index (χ1v) is 5.97. The molecule has 88 valence electrons. The molecule has 3 rings (SSSR count). The van der Waals surface area contributed by atoms with E-state index in [1.165, 1.54) is 0 Å². The molecule has 1 aromatic carbocycles. The first-order valence-electron chi connectivity index (χ1n) is 5.97. The molecule has 17 heavy (non-hydrogen) atoms. The minimum absolute atomic E-state index is 0.347. The van der Waals surface area contributed by atoms with Crippen LogP contribution in [0.5, 0.6) is 0 Å². The largest absolute Gasteiger partial charge is 0.339 e. The van der Waals surface area contributed by atoms with Crippen LogP contribution in [0.15, 0.2) is 34.9 Å². The molecular formula is C13H15N3O. The smallest absolute Gasteiger partial charge is 0.231 e. The molecule has 1 N–H and O–H groups in total. The molecule has 4 nitrogen and oxygen atoms in total. The van der Waals surface area contributed by atoms with Gasteiger partial charge in [0.25, 0.3) is 0 Å². The predicted molar refractivity (Wildman–Crippen MR) is 64.6 cm³/mol. The molecule has 0 spiro atoms. The molecule has 0 bridgehead atoms. The van der Waals surface area contributed by atoms with E-state index in [-0.39, 0.29) is 0 Å². The Balaban J connectivity index is 1.88. The Bertz CT molecular complexity index is 494. The molecule has 2 atom stereocenters. The second-order valence-corrected chi connectivity index (χ2v) is 4.46. The molecule has 0 amide bonds. The van der Waals surface area contributed by atoms with E-state index in [0.29, 0.717) is 17.8 Å². The summed E-state index contributed by atoms with van der Waals surface area (Å²) in [6.45, 7) is 3.18. The lowest BCUT2D eigenvalue weighted by atomic mass is 10.0. The van der Waals surface area contributed by atoms with E-state index >= 15 is 0 Å². The highest BCUT2D eigenvalue weighted by atomic mass is 16.5. The summed E-state index contributed by atoms with van der Waals surface area (Å²) < 4.78 is 5.37. The molecule has 1 aromatic heterocycles. The zero-order valence-corrected chi connectivity index (χ0v) is 9.76. The van der Waals surface area contributed by atoms with Crippen LogP contribution >= 0.6 is 0 Å². The van der Waals surface area contributed by atoms with E-state index < -0.39 is 0 Å². The van der Waals surface area contributed by atoms with Crippen molar-refractivity contribution in [3.63, 3.8) is 0 Å². The van der Waals surface area contributed by atoms with E-state index in [1.807, 2.05) is 30.3 Å². The fourth-order valence-electron chi connectivity index (χ4n) is 2.29. The summed E-state index contributed by atoms with van der Waals surface area (Å²) in [6.07, 6.45) is 1.07. The van der Waals surface area contributed by atoms with Crippen molar-refractivity contribution in [2.45, 2.75) is 25.3 Å². The Morgan fingerprint density at radius 3 is 2.82 bits per heavy atom. The van der Waals surface area contributed by atoms with Gasteiger partial charge in [-0.2, -0.15) is 4.98 Å². The first-order chi connectivity index (χ1) is 8.34. The average molecular weight is 229 g/mol. The van der Waals surface area contributed by atoms with Gasteiger partial charge in [-0.1, -0.05) is 35.5 Å². The van der Waals surface area contributed by atoms with Crippen LogP contribution in [0.4, 0.5) is 0 Å². The number of nitrogens with zero attached hydrogens (tertiary/aromatic N) is 2. The summed E-state index contributed by atoms with van der Waals surface area (Å²) in [5.74, 6) is 1.78. The van der Waals surface area contributed by atoms with Crippen molar-refractivity contribution in [1.82, 2.24) is 15.5 Å². The summed E-state index contributed by atoms with van der Waals surface area (Å²) >= 11 is 0. The van der Waals surface area contributed by atoms with Crippen LogP contribution in [0.1, 0.15) is 25.2 Å².